The summed E-state index contributed by atoms with van der Waals surface area (Å²) in [6.07, 6.45) is -8.53. The van der Waals surface area contributed by atoms with Crippen LogP contribution in [-0.2, 0) is 4.74 Å². The number of aliphatic hydroxyl groups excluding tert-OH is 4. The minimum atomic E-state index is -1.88. The monoisotopic (exact) mass is 494 g/mol. The topological polar surface area (TPSA) is 220 Å². The highest BCUT2D eigenvalue weighted by Crippen LogP contribution is 2.44. The fourth-order valence-corrected chi connectivity index (χ4v) is 3.73. The molecule has 2 aromatic carbocycles. The second kappa shape index (κ2) is 9.13. The number of aliphatic hydroxyl groups is 4. The molecule has 1 aromatic heterocycles. The number of phenols is 4. The Labute approximate surface area is 195 Å². The fraction of sp³-hybridized carbons (Fsp3) is 0.318. The van der Waals surface area contributed by atoms with Crippen molar-refractivity contribution in [1.29, 1.82) is 0 Å². The summed E-state index contributed by atoms with van der Waals surface area (Å²) in [5, 5.41) is 79.6. The average molecular weight is 494 g/mol. The van der Waals surface area contributed by atoms with Gasteiger partial charge in [-0.1, -0.05) is 0 Å². The molecule has 4 rings (SSSR count). The minimum Gasteiger partial charge on any atom is -0.504 e. The van der Waals surface area contributed by atoms with Gasteiger partial charge in [-0.25, -0.2) is 0 Å². The number of hydrogen-bond acceptors (Lipinski definition) is 13. The van der Waals surface area contributed by atoms with Crippen molar-refractivity contribution < 1.29 is 59.5 Å². The third kappa shape index (κ3) is 4.05. The van der Waals surface area contributed by atoms with Gasteiger partial charge in [0.05, 0.1) is 13.7 Å². The number of aromatic hydroxyl groups is 4. The summed E-state index contributed by atoms with van der Waals surface area (Å²) >= 11 is 0. The smallest absolute Gasteiger partial charge is 0.239 e. The maximum Gasteiger partial charge on any atom is 0.239 e. The normalized spacial score (nSPS) is 24.4. The van der Waals surface area contributed by atoms with Crippen molar-refractivity contribution in [2.75, 3.05) is 13.7 Å². The van der Waals surface area contributed by atoms with Gasteiger partial charge in [0.1, 0.15) is 35.4 Å². The van der Waals surface area contributed by atoms with E-state index in [9.17, 15) is 45.6 Å². The van der Waals surface area contributed by atoms with Crippen LogP contribution in [-0.4, -0.2) is 85.3 Å². The van der Waals surface area contributed by atoms with Gasteiger partial charge < -0.3 is 59.5 Å². The number of hydrogen-bond donors (Lipinski definition) is 8. The molecule has 2 unspecified atom stereocenters. The molecule has 13 heteroatoms. The van der Waals surface area contributed by atoms with E-state index in [4.69, 9.17) is 18.6 Å². The van der Waals surface area contributed by atoms with Gasteiger partial charge in [0.25, 0.3) is 0 Å². The van der Waals surface area contributed by atoms with Gasteiger partial charge in [-0.05, 0) is 18.2 Å². The van der Waals surface area contributed by atoms with E-state index in [1.54, 1.807) is 0 Å². The predicted octanol–water partition coefficient (Wildman–Crippen LogP) is -0.530. The summed E-state index contributed by atoms with van der Waals surface area (Å²) in [5.41, 5.74) is -1.34. The molecule has 3 aromatic rings. The average Bonchev–Trinajstić information content (AvgIpc) is 2.82. The van der Waals surface area contributed by atoms with Crippen LogP contribution in [0.2, 0.25) is 0 Å². The highest BCUT2D eigenvalue weighted by Gasteiger charge is 2.45. The summed E-state index contributed by atoms with van der Waals surface area (Å²) in [6.45, 7) is -0.757. The lowest BCUT2D eigenvalue weighted by Gasteiger charge is -2.39. The molecule has 0 radical (unpaired) electrons. The Kier molecular flexibility index (Phi) is 6.36. The van der Waals surface area contributed by atoms with Crippen molar-refractivity contribution >= 4 is 11.0 Å². The molecule has 0 amide bonds. The van der Waals surface area contributed by atoms with Crippen molar-refractivity contribution in [3.63, 3.8) is 0 Å². The Morgan fingerprint density at radius 1 is 0.914 bits per heavy atom. The van der Waals surface area contributed by atoms with Gasteiger partial charge in [-0.2, -0.15) is 0 Å². The van der Waals surface area contributed by atoms with Crippen molar-refractivity contribution in [2.45, 2.75) is 30.7 Å². The van der Waals surface area contributed by atoms with E-state index >= 15 is 0 Å². The van der Waals surface area contributed by atoms with Crippen molar-refractivity contribution in [2.24, 2.45) is 0 Å². The van der Waals surface area contributed by atoms with Gasteiger partial charge in [0.2, 0.25) is 23.2 Å². The molecule has 0 bridgehead atoms. The molecular weight excluding hydrogens is 472 g/mol. The predicted molar refractivity (Wildman–Crippen MR) is 116 cm³/mol. The molecular formula is C22H22O13. The highest BCUT2D eigenvalue weighted by molar-refractivity contribution is 5.91. The van der Waals surface area contributed by atoms with E-state index in [1.165, 1.54) is 6.07 Å². The van der Waals surface area contributed by atoms with Crippen molar-refractivity contribution in [3.05, 3.63) is 34.5 Å². The summed E-state index contributed by atoms with van der Waals surface area (Å²) in [4.78, 5) is 13.5. The molecule has 0 aliphatic carbocycles. The maximum atomic E-state index is 13.5. The molecule has 1 fully saturated rings. The second-order valence-electron chi connectivity index (χ2n) is 7.76. The first-order chi connectivity index (χ1) is 16.6. The summed E-state index contributed by atoms with van der Waals surface area (Å²) in [7, 11) is 1.14. The lowest BCUT2D eigenvalue weighted by atomic mass is 9.99. The van der Waals surface area contributed by atoms with E-state index in [1.807, 2.05) is 0 Å². The zero-order chi connectivity index (χ0) is 25.6. The SMILES string of the molecule is COc1c(O)cc2oc(-c3ccc(O)c(O)c3)c(O[C@@H]3O[C@H](CO)[C@@H](O)C(O)C3O)c(=O)c2c1O. The van der Waals surface area contributed by atoms with E-state index < -0.39 is 82.6 Å². The highest BCUT2D eigenvalue weighted by atomic mass is 16.7. The van der Waals surface area contributed by atoms with Gasteiger partial charge >= 0.3 is 0 Å². The van der Waals surface area contributed by atoms with Crippen LogP contribution < -0.4 is 14.9 Å². The first-order valence-electron chi connectivity index (χ1n) is 10.2. The molecule has 13 nitrogen and oxygen atoms in total. The first kappa shape index (κ1) is 24.4. The Hall–Kier alpha value is -3.75. The standard InChI is InChI=1S/C22H22O13/c1-32-20-10(26)5-11-13(15(20)28)16(29)21(19(33-11)7-2-3-8(24)9(25)4-7)35-22-18(31)17(30)14(27)12(6-23)34-22/h2-5,12,14,17-18,22-28,30-31H,6H2,1H3/t12-,14-,17?,18?,22+/m1/s1. The quantitative estimate of drug-likeness (QED) is 0.209. The lowest BCUT2D eigenvalue weighted by Crippen LogP contribution is -2.60. The molecule has 8 N–H and O–H groups in total. The zero-order valence-electron chi connectivity index (χ0n) is 18.0. The lowest BCUT2D eigenvalue weighted by molar-refractivity contribution is -0.277. The first-order valence-corrected chi connectivity index (χ1v) is 10.2. The molecule has 188 valence electrons. The van der Waals surface area contributed by atoms with Crippen LogP contribution >= 0.6 is 0 Å². The Bertz CT molecular complexity index is 1320. The fourth-order valence-electron chi connectivity index (χ4n) is 3.73. The molecule has 0 saturated carbocycles. The van der Waals surface area contributed by atoms with Gasteiger partial charge in [0.15, 0.2) is 28.8 Å². The number of phenolic OH excluding ortho intramolecular Hbond substituents is 4. The minimum absolute atomic E-state index is 0.00584. The number of rotatable bonds is 5. The molecule has 5 atom stereocenters. The van der Waals surface area contributed by atoms with E-state index in [0.717, 1.165) is 25.3 Å². The maximum absolute atomic E-state index is 13.5. The number of ether oxygens (including phenoxy) is 3. The Morgan fingerprint density at radius 3 is 2.26 bits per heavy atom. The molecule has 1 aliphatic heterocycles. The number of methoxy groups -OCH3 is 1. The molecule has 35 heavy (non-hydrogen) atoms. The van der Waals surface area contributed by atoms with Crippen molar-refractivity contribution in [1.82, 2.24) is 0 Å². The van der Waals surface area contributed by atoms with Gasteiger partial charge in [-0.3, -0.25) is 4.79 Å². The van der Waals surface area contributed by atoms with Gasteiger partial charge in [0, 0.05) is 11.6 Å². The molecule has 0 spiro atoms. The van der Waals surface area contributed by atoms with Gasteiger partial charge in [-0.15, -0.1) is 0 Å². The van der Waals surface area contributed by atoms with E-state index in [2.05, 4.69) is 0 Å². The summed E-state index contributed by atoms with van der Waals surface area (Å²) < 4.78 is 21.5. The van der Waals surface area contributed by atoms with E-state index in [-0.39, 0.29) is 16.9 Å². The van der Waals surface area contributed by atoms with Crippen LogP contribution in [0.3, 0.4) is 0 Å². The summed E-state index contributed by atoms with van der Waals surface area (Å²) in [6, 6.07) is 4.37. The summed E-state index contributed by atoms with van der Waals surface area (Å²) in [5.74, 6) is -3.87. The van der Waals surface area contributed by atoms with Crippen LogP contribution in [0.5, 0.6) is 34.5 Å². The van der Waals surface area contributed by atoms with Crippen LogP contribution in [0.4, 0.5) is 0 Å². The second-order valence-corrected chi connectivity index (χ2v) is 7.76. The zero-order valence-corrected chi connectivity index (χ0v) is 18.0. The Balaban J connectivity index is 1.95. The molecule has 1 aliphatic rings. The third-order valence-electron chi connectivity index (χ3n) is 5.57. The van der Waals surface area contributed by atoms with Crippen LogP contribution in [0.25, 0.3) is 22.3 Å². The number of fused-ring (bicyclic) bond motifs is 1. The van der Waals surface area contributed by atoms with Crippen LogP contribution in [0.1, 0.15) is 0 Å². The molecule has 1 saturated heterocycles. The van der Waals surface area contributed by atoms with Crippen LogP contribution in [0, 0.1) is 0 Å². The Morgan fingerprint density at radius 2 is 1.63 bits per heavy atom. The largest absolute Gasteiger partial charge is 0.504 e. The third-order valence-corrected chi connectivity index (χ3v) is 5.57. The van der Waals surface area contributed by atoms with E-state index in [0.29, 0.717) is 0 Å². The number of benzene rings is 2. The van der Waals surface area contributed by atoms with Crippen LogP contribution in [0.15, 0.2) is 33.5 Å². The van der Waals surface area contributed by atoms with Crippen molar-refractivity contribution in [3.8, 4) is 45.8 Å². The molecule has 2 heterocycles.